The number of nitrogens with one attached hydrogen (secondary N) is 1. The van der Waals surface area contributed by atoms with Crippen molar-refractivity contribution in [1.82, 2.24) is 0 Å². The molecule has 0 bridgehead atoms. The van der Waals surface area contributed by atoms with E-state index in [0.717, 1.165) is 0 Å². The van der Waals surface area contributed by atoms with Gasteiger partial charge in [-0.05, 0) is 13.8 Å². The molecule has 58 heavy (non-hydrogen) atoms. The van der Waals surface area contributed by atoms with Crippen LogP contribution in [0.4, 0.5) is 0 Å². The SMILES string of the molecule is C=CCOC1OC(CO)[C@H](O)[C@H](OC2OC(CO)[C@H](O[C@@H]3OC(CO)[C@H](O)[C@H](O)C3O[C@@H]3OC(C)[C@H](O)[C@@H](O)C3O)[C@H](O[C@H]3OC(C)[C@@H](O)C(O)[C@@H]3O)C2[NH-])C1O.[Ac]. The minimum Gasteiger partial charge on any atom is -0.668 e. The Morgan fingerprint density at radius 1 is 0.466 bits per heavy atom. The van der Waals surface area contributed by atoms with Gasteiger partial charge in [0.25, 0.3) is 0 Å². The van der Waals surface area contributed by atoms with Crippen LogP contribution in [0.1, 0.15) is 13.8 Å². The molecule has 14 N–H and O–H groups in total. The summed E-state index contributed by atoms with van der Waals surface area (Å²) in [5.74, 6) is 0. The standard InChI is InChI=1S/C33H56NO23.Ac/c1-4-5-48-30-24(47)27(18(41)12(7-36)51-30)56-29-14(34)26(55-31-22(45)19(42)15(38)9(2)49-31)25(13(8-37)53-29)54-33-28(21(44)17(40)11(6-35)52-33)57-32-23(46)20(43)16(39)10(3)50-32;/h4,9-47H,1,5-8H2,2-3H3;/q-1;/t9?,10?,11?,12?,13?,14?,15-,16+,17+,18+,19?,20-,21+,22+,23?,24?,25+,26-,27+,28?,29?,30?,31-,32+,33+;/m1./s1. The summed E-state index contributed by atoms with van der Waals surface area (Å²) in [6.45, 7) is 3.47. The monoisotopic (exact) mass is 1060 g/mol. The minimum absolute atomic E-state index is 0. The predicted molar refractivity (Wildman–Crippen MR) is 180 cm³/mol. The molecule has 0 aromatic rings. The van der Waals surface area contributed by atoms with Crippen molar-refractivity contribution in [1.29, 1.82) is 0 Å². The van der Waals surface area contributed by atoms with Crippen LogP contribution in [0.3, 0.4) is 0 Å². The maximum atomic E-state index is 11.2. The van der Waals surface area contributed by atoms with E-state index in [1.54, 1.807) is 0 Å². The number of aliphatic hydroxyl groups excluding tert-OH is 13. The molecule has 0 spiro atoms. The second-order valence-electron chi connectivity index (χ2n) is 14.6. The zero-order chi connectivity index (χ0) is 42.0. The molecule has 0 amide bonds. The van der Waals surface area contributed by atoms with Crippen LogP contribution >= 0.6 is 0 Å². The number of hydrogen-bond acceptors (Lipinski definition) is 23. The minimum atomic E-state index is -1.98. The number of hydrogen-bond donors (Lipinski definition) is 13. The number of rotatable bonds is 14. The summed E-state index contributed by atoms with van der Waals surface area (Å²) in [4.78, 5) is 0. The Hall–Kier alpha value is 0.222. The van der Waals surface area contributed by atoms with Crippen molar-refractivity contribution >= 4 is 0 Å². The van der Waals surface area contributed by atoms with Crippen molar-refractivity contribution in [2.75, 3.05) is 26.4 Å². The average molecular weight is 1060 g/mol. The third kappa shape index (κ3) is 10.8. The molecule has 12 unspecified atom stereocenters. The Morgan fingerprint density at radius 3 is 1.43 bits per heavy atom. The molecule has 1 radical (unpaired) electrons. The first kappa shape index (κ1) is 50.9. The molecule has 5 fully saturated rings. The quantitative estimate of drug-likeness (QED) is 0.0719. The molecular formula is C33H56AcNO23-. The Bertz CT molecular complexity index is 1270. The van der Waals surface area contributed by atoms with E-state index < -0.39 is 173 Å². The second kappa shape index (κ2) is 22.2. The maximum Gasteiger partial charge on any atom is 0.187 e. The molecule has 24 nitrogen and oxygen atoms in total. The van der Waals surface area contributed by atoms with Crippen LogP contribution < -0.4 is 0 Å². The van der Waals surface area contributed by atoms with Crippen LogP contribution in [0.25, 0.3) is 5.73 Å². The molecule has 0 saturated carbocycles. The molecule has 25 heteroatoms. The molecule has 5 saturated heterocycles. The van der Waals surface area contributed by atoms with Gasteiger partial charge in [-0.3, -0.25) is 0 Å². The molecule has 25 atom stereocenters. The van der Waals surface area contributed by atoms with Gasteiger partial charge in [0.2, 0.25) is 0 Å². The summed E-state index contributed by atoms with van der Waals surface area (Å²) >= 11 is 0. The summed E-state index contributed by atoms with van der Waals surface area (Å²) in [5.41, 5.74) is 9.24. The maximum absolute atomic E-state index is 11.2. The molecule has 5 heterocycles. The van der Waals surface area contributed by atoms with E-state index in [2.05, 4.69) is 6.58 Å². The molecule has 0 aromatic heterocycles. The summed E-state index contributed by atoms with van der Waals surface area (Å²) in [6, 6.07) is -1.87. The Balaban J connectivity index is 0.00000744. The molecule has 335 valence electrons. The van der Waals surface area contributed by atoms with Crippen molar-refractivity contribution < 1.29 is 158 Å². The topological polar surface area (TPSA) is 379 Å². The number of aliphatic hydroxyl groups is 13. The van der Waals surface area contributed by atoms with Gasteiger partial charge in [-0.2, -0.15) is 0 Å². The summed E-state index contributed by atoms with van der Waals surface area (Å²) in [6.07, 6.45) is -39.4. The summed E-state index contributed by atoms with van der Waals surface area (Å²) < 4.78 is 57.5. The van der Waals surface area contributed by atoms with Crippen molar-refractivity contribution in [3.63, 3.8) is 0 Å². The normalized spacial score (nSPS) is 51.5. The zero-order valence-corrected chi connectivity index (χ0v) is 36.3. The second-order valence-corrected chi connectivity index (χ2v) is 14.6. The van der Waals surface area contributed by atoms with E-state index in [1.807, 2.05) is 0 Å². The van der Waals surface area contributed by atoms with Crippen molar-refractivity contribution in [2.24, 2.45) is 0 Å². The van der Waals surface area contributed by atoms with Crippen LogP contribution in [-0.2, 0) is 47.4 Å². The summed E-state index contributed by atoms with van der Waals surface area (Å²) in [7, 11) is 0. The smallest absolute Gasteiger partial charge is 0.187 e. The Kier molecular flexibility index (Phi) is 19.5. The van der Waals surface area contributed by atoms with E-state index in [9.17, 15) is 72.1 Å². The van der Waals surface area contributed by atoms with E-state index in [1.165, 1.54) is 19.9 Å². The van der Waals surface area contributed by atoms with Gasteiger partial charge >= 0.3 is 0 Å². The van der Waals surface area contributed by atoms with E-state index in [0.29, 0.717) is 0 Å². The first-order valence-electron chi connectivity index (χ1n) is 18.4. The van der Waals surface area contributed by atoms with Gasteiger partial charge in [0.15, 0.2) is 25.2 Å². The molecular weight excluding hydrogens is 1010 g/mol. The first-order chi connectivity index (χ1) is 27.0. The first-order valence-corrected chi connectivity index (χ1v) is 18.4. The average Bonchev–Trinajstić information content (AvgIpc) is 3.19. The third-order valence-corrected chi connectivity index (χ3v) is 10.6. The van der Waals surface area contributed by atoms with Crippen LogP contribution in [0.5, 0.6) is 0 Å². The predicted octanol–water partition coefficient (Wildman–Crippen LogP) is -7.60. The van der Waals surface area contributed by atoms with Crippen molar-refractivity contribution in [3.05, 3.63) is 18.4 Å². The van der Waals surface area contributed by atoms with Crippen LogP contribution in [0, 0.1) is 44.1 Å². The molecule has 0 aromatic carbocycles. The molecule has 5 aliphatic rings. The summed E-state index contributed by atoms with van der Waals surface area (Å²) in [5, 5.41) is 137. The van der Waals surface area contributed by atoms with Gasteiger partial charge in [0.1, 0.15) is 104 Å². The largest absolute Gasteiger partial charge is 0.668 e. The molecule has 0 aliphatic carbocycles. The zero-order valence-electron chi connectivity index (χ0n) is 31.5. The van der Waals surface area contributed by atoms with Crippen LogP contribution in [0.2, 0.25) is 0 Å². The number of ether oxygens (including phenoxy) is 10. The fourth-order valence-electron chi connectivity index (χ4n) is 7.19. The van der Waals surface area contributed by atoms with E-state index in [4.69, 9.17) is 47.4 Å². The van der Waals surface area contributed by atoms with Crippen molar-refractivity contribution in [3.8, 4) is 0 Å². The fourth-order valence-corrected chi connectivity index (χ4v) is 7.19. The Labute approximate surface area is 368 Å². The van der Waals surface area contributed by atoms with Crippen LogP contribution in [-0.4, -0.2) is 246 Å². The van der Waals surface area contributed by atoms with Crippen LogP contribution in [0.15, 0.2) is 12.7 Å². The molecule has 5 rings (SSSR count). The van der Waals surface area contributed by atoms with E-state index in [-0.39, 0.29) is 50.7 Å². The van der Waals surface area contributed by atoms with Gasteiger partial charge in [-0.1, -0.05) is 12.1 Å². The van der Waals surface area contributed by atoms with Crippen molar-refractivity contribution in [2.45, 2.75) is 167 Å². The van der Waals surface area contributed by atoms with Gasteiger partial charge in [0, 0.05) is 44.1 Å². The van der Waals surface area contributed by atoms with Gasteiger partial charge in [0.05, 0.1) is 44.7 Å². The van der Waals surface area contributed by atoms with Gasteiger partial charge < -0.3 is 119 Å². The van der Waals surface area contributed by atoms with Gasteiger partial charge in [-0.25, -0.2) is 0 Å². The molecule has 5 aliphatic heterocycles. The fraction of sp³-hybridized carbons (Fsp3) is 0.939. The van der Waals surface area contributed by atoms with Gasteiger partial charge in [-0.15, -0.1) is 6.58 Å². The van der Waals surface area contributed by atoms with E-state index >= 15 is 0 Å². The Morgan fingerprint density at radius 2 is 0.914 bits per heavy atom. The third-order valence-electron chi connectivity index (χ3n) is 10.6.